The van der Waals surface area contributed by atoms with Gasteiger partial charge in [0.1, 0.15) is 10.4 Å². The standard InChI is InChI=1S/C11H12BrN3O3/c1-3-17-11(16)9-5-8(18-14-9)4-7-6-15(2)13-10(7)12/h5-6H,3-4H2,1-2H3. The van der Waals surface area contributed by atoms with Gasteiger partial charge in [0.15, 0.2) is 5.69 Å². The third-order valence-corrected chi connectivity index (χ3v) is 2.93. The molecule has 0 N–H and O–H groups in total. The normalized spacial score (nSPS) is 10.6. The fraction of sp³-hybridized carbons (Fsp3) is 0.364. The van der Waals surface area contributed by atoms with Crippen molar-refractivity contribution in [2.75, 3.05) is 6.61 Å². The first kappa shape index (κ1) is 12.8. The summed E-state index contributed by atoms with van der Waals surface area (Å²) in [5.41, 5.74) is 1.15. The molecular weight excluding hydrogens is 302 g/mol. The molecule has 2 heterocycles. The van der Waals surface area contributed by atoms with Gasteiger partial charge in [-0.05, 0) is 22.9 Å². The lowest BCUT2D eigenvalue weighted by Gasteiger charge is -1.94. The molecule has 2 aromatic rings. The van der Waals surface area contributed by atoms with Crippen molar-refractivity contribution < 1.29 is 14.1 Å². The fourth-order valence-electron chi connectivity index (χ4n) is 1.51. The summed E-state index contributed by atoms with van der Waals surface area (Å²) in [6.07, 6.45) is 2.39. The Kier molecular flexibility index (Phi) is 3.81. The monoisotopic (exact) mass is 313 g/mol. The second-order valence-corrected chi connectivity index (χ2v) is 4.45. The Labute approximate surface area is 112 Å². The fourth-order valence-corrected chi connectivity index (χ4v) is 2.01. The maximum absolute atomic E-state index is 11.4. The SMILES string of the molecule is CCOC(=O)c1cc(Cc2cn(C)nc2Br)on1. The average molecular weight is 314 g/mol. The lowest BCUT2D eigenvalue weighted by Crippen LogP contribution is -2.04. The third-order valence-electron chi connectivity index (χ3n) is 2.26. The summed E-state index contributed by atoms with van der Waals surface area (Å²) >= 11 is 3.35. The smallest absolute Gasteiger partial charge is 0.360 e. The lowest BCUT2D eigenvalue weighted by atomic mass is 10.2. The minimum atomic E-state index is -0.474. The number of carbonyl (C=O) groups is 1. The third kappa shape index (κ3) is 2.79. The largest absolute Gasteiger partial charge is 0.461 e. The summed E-state index contributed by atoms with van der Waals surface area (Å²) in [5.74, 6) is 0.115. The van der Waals surface area contributed by atoms with Gasteiger partial charge in [-0.3, -0.25) is 4.68 Å². The molecule has 0 aliphatic carbocycles. The van der Waals surface area contributed by atoms with Crippen molar-refractivity contribution in [3.63, 3.8) is 0 Å². The molecule has 0 aliphatic rings. The molecule has 0 saturated carbocycles. The van der Waals surface area contributed by atoms with E-state index < -0.39 is 5.97 Å². The van der Waals surface area contributed by atoms with Crippen molar-refractivity contribution in [2.45, 2.75) is 13.3 Å². The maximum Gasteiger partial charge on any atom is 0.360 e. The van der Waals surface area contributed by atoms with Crippen molar-refractivity contribution in [2.24, 2.45) is 7.05 Å². The van der Waals surface area contributed by atoms with Crippen LogP contribution in [0.5, 0.6) is 0 Å². The van der Waals surface area contributed by atoms with Gasteiger partial charge in [-0.1, -0.05) is 5.16 Å². The van der Waals surface area contributed by atoms with Gasteiger partial charge in [-0.15, -0.1) is 0 Å². The number of hydrogen-bond acceptors (Lipinski definition) is 5. The number of nitrogens with zero attached hydrogens (tertiary/aromatic N) is 3. The van der Waals surface area contributed by atoms with Crippen LogP contribution in [0.4, 0.5) is 0 Å². The molecule has 0 atom stereocenters. The zero-order valence-electron chi connectivity index (χ0n) is 10.0. The van der Waals surface area contributed by atoms with Crippen LogP contribution in [0.3, 0.4) is 0 Å². The summed E-state index contributed by atoms with van der Waals surface area (Å²) in [6.45, 7) is 2.06. The molecule has 0 aromatic carbocycles. The number of esters is 1. The van der Waals surface area contributed by atoms with Crippen molar-refractivity contribution in [3.05, 3.63) is 33.9 Å². The maximum atomic E-state index is 11.4. The summed E-state index contributed by atoms with van der Waals surface area (Å²) in [7, 11) is 1.83. The van der Waals surface area contributed by atoms with Crippen LogP contribution in [-0.4, -0.2) is 27.5 Å². The van der Waals surface area contributed by atoms with Crippen molar-refractivity contribution in [1.29, 1.82) is 0 Å². The predicted octanol–water partition coefficient (Wildman–Crippen LogP) is 1.94. The van der Waals surface area contributed by atoms with Gasteiger partial charge in [0.05, 0.1) is 6.61 Å². The molecule has 2 aromatic heterocycles. The first-order valence-corrected chi connectivity index (χ1v) is 6.20. The van der Waals surface area contributed by atoms with Crippen LogP contribution in [0.25, 0.3) is 0 Å². The van der Waals surface area contributed by atoms with Gasteiger partial charge in [-0.2, -0.15) is 5.10 Å². The van der Waals surface area contributed by atoms with E-state index in [4.69, 9.17) is 9.26 Å². The van der Waals surface area contributed by atoms with E-state index in [-0.39, 0.29) is 5.69 Å². The van der Waals surface area contributed by atoms with E-state index in [1.807, 2.05) is 13.2 Å². The molecule has 0 saturated heterocycles. The Hall–Kier alpha value is -1.63. The summed E-state index contributed by atoms with van der Waals surface area (Å²) in [5, 5.41) is 7.83. The molecule has 18 heavy (non-hydrogen) atoms. The minimum absolute atomic E-state index is 0.187. The molecule has 0 aliphatic heterocycles. The Morgan fingerprint density at radius 3 is 3.00 bits per heavy atom. The lowest BCUT2D eigenvalue weighted by molar-refractivity contribution is 0.0514. The number of ether oxygens (including phenoxy) is 1. The quantitative estimate of drug-likeness (QED) is 0.807. The molecule has 0 fully saturated rings. The summed E-state index contributed by atoms with van der Waals surface area (Å²) < 4.78 is 12.4. The van der Waals surface area contributed by atoms with Crippen LogP contribution in [-0.2, 0) is 18.2 Å². The average Bonchev–Trinajstić information content (AvgIpc) is 2.88. The highest BCUT2D eigenvalue weighted by atomic mass is 79.9. The number of carbonyl (C=O) groups excluding carboxylic acids is 1. The van der Waals surface area contributed by atoms with E-state index in [2.05, 4.69) is 26.2 Å². The molecule has 7 heteroatoms. The Morgan fingerprint density at radius 1 is 1.61 bits per heavy atom. The highest BCUT2D eigenvalue weighted by Gasteiger charge is 2.15. The molecule has 0 amide bonds. The Balaban J connectivity index is 2.11. The number of hydrogen-bond donors (Lipinski definition) is 0. The van der Waals surface area contributed by atoms with Crippen LogP contribution in [0.2, 0.25) is 0 Å². The Morgan fingerprint density at radius 2 is 2.39 bits per heavy atom. The van der Waals surface area contributed by atoms with Gasteiger partial charge in [0, 0.05) is 31.3 Å². The second-order valence-electron chi connectivity index (χ2n) is 3.69. The van der Waals surface area contributed by atoms with Crippen LogP contribution in [0.1, 0.15) is 28.7 Å². The minimum Gasteiger partial charge on any atom is -0.461 e. The van der Waals surface area contributed by atoms with Gasteiger partial charge in [0.2, 0.25) is 0 Å². The molecule has 0 unspecified atom stereocenters. The van der Waals surface area contributed by atoms with Crippen molar-refractivity contribution in [3.8, 4) is 0 Å². The van der Waals surface area contributed by atoms with Crippen LogP contribution >= 0.6 is 15.9 Å². The van der Waals surface area contributed by atoms with E-state index >= 15 is 0 Å². The van der Waals surface area contributed by atoms with Crippen LogP contribution in [0.15, 0.2) is 21.4 Å². The van der Waals surface area contributed by atoms with Crippen LogP contribution < -0.4 is 0 Å². The number of halogens is 1. The molecule has 2 rings (SSSR count). The first-order chi connectivity index (χ1) is 8.60. The van der Waals surface area contributed by atoms with Gasteiger partial charge in [-0.25, -0.2) is 4.79 Å². The highest BCUT2D eigenvalue weighted by molar-refractivity contribution is 9.10. The molecule has 0 radical (unpaired) electrons. The van der Waals surface area contributed by atoms with Crippen LogP contribution in [0, 0.1) is 0 Å². The molecule has 96 valence electrons. The van der Waals surface area contributed by atoms with E-state index in [0.29, 0.717) is 18.8 Å². The highest BCUT2D eigenvalue weighted by Crippen LogP contribution is 2.18. The molecular formula is C11H12BrN3O3. The number of aryl methyl sites for hydroxylation is 1. The van der Waals surface area contributed by atoms with E-state index in [9.17, 15) is 4.79 Å². The zero-order chi connectivity index (χ0) is 13.1. The topological polar surface area (TPSA) is 70.2 Å². The van der Waals surface area contributed by atoms with Crippen molar-refractivity contribution >= 4 is 21.9 Å². The number of aromatic nitrogens is 3. The first-order valence-electron chi connectivity index (χ1n) is 5.41. The van der Waals surface area contributed by atoms with E-state index in [1.165, 1.54) is 0 Å². The predicted molar refractivity (Wildman–Crippen MR) is 66.2 cm³/mol. The molecule has 6 nitrogen and oxygen atoms in total. The zero-order valence-corrected chi connectivity index (χ0v) is 11.6. The van der Waals surface area contributed by atoms with Crippen molar-refractivity contribution in [1.82, 2.24) is 14.9 Å². The summed E-state index contributed by atoms with van der Waals surface area (Å²) in [6, 6.07) is 1.58. The van der Waals surface area contributed by atoms with Gasteiger partial charge < -0.3 is 9.26 Å². The molecule has 0 spiro atoms. The second kappa shape index (κ2) is 5.34. The van der Waals surface area contributed by atoms with Gasteiger partial charge in [0.25, 0.3) is 0 Å². The number of rotatable bonds is 4. The summed E-state index contributed by atoms with van der Waals surface area (Å²) in [4.78, 5) is 11.4. The van der Waals surface area contributed by atoms with E-state index in [0.717, 1.165) is 10.2 Å². The Bertz CT molecular complexity index is 562. The van der Waals surface area contributed by atoms with Gasteiger partial charge >= 0.3 is 5.97 Å². The molecule has 0 bridgehead atoms. The van der Waals surface area contributed by atoms with E-state index in [1.54, 1.807) is 17.7 Å².